The van der Waals surface area contributed by atoms with Gasteiger partial charge in [-0.2, -0.15) is 0 Å². The molecule has 2 nitrogen and oxygen atoms in total. The molecule has 1 aliphatic rings. The molecule has 1 heterocycles. The molecule has 0 spiro atoms. The maximum atomic E-state index is 5.87. The van der Waals surface area contributed by atoms with Gasteiger partial charge < -0.3 is 10.1 Å². The lowest BCUT2D eigenvalue weighted by Gasteiger charge is -2.29. The molecule has 0 amide bonds. The highest BCUT2D eigenvalue weighted by Gasteiger charge is 2.34. The Bertz CT molecular complexity index is 425. The topological polar surface area (TPSA) is 21.3 Å². The largest absolute Gasteiger partial charge is 0.378 e. The lowest BCUT2D eigenvalue weighted by atomic mass is 9.86. The molecule has 19 heavy (non-hydrogen) atoms. The van der Waals surface area contributed by atoms with Gasteiger partial charge >= 0.3 is 0 Å². The number of hydrogen-bond donors (Lipinski definition) is 1. The molecule has 3 atom stereocenters. The molecular formula is C15H21Br2NO. The van der Waals surface area contributed by atoms with E-state index in [2.05, 4.69) is 69.2 Å². The molecule has 1 aliphatic heterocycles. The lowest BCUT2D eigenvalue weighted by molar-refractivity contribution is 0.0775. The van der Waals surface area contributed by atoms with E-state index in [0.717, 1.165) is 30.5 Å². The first-order valence-electron chi connectivity index (χ1n) is 6.97. The van der Waals surface area contributed by atoms with Gasteiger partial charge in [-0.05, 0) is 43.1 Å². The average molecular weight is 391 g/mol. The van der Waals surface area contributed by atoms with Gasteiger partial charge in [0, 0.05) is 27.5 Å². The molecule has 0 radical (unpaired) electrons. The number of ether oxygens (including phenoxy) is 1. The van der Waals surface area contributed by atoms with Gasteiger partial charge in [-0.15, -0.1) is 0 Å². The van der Waals surface area contributed by atoms with Crippen molar-refractivity contribution in [1.82, 2.24) is 5.32 Å². The predicted molar refractivity (Wildman–Crippen MR) is 86.4 cm³/mol. The normalized spacial score (nSPS) is 24.6. The number of halogens is 2. The Morgan fingerprint density at radius 2 is 2.16 bits per heavy atom. The van der Waals surface area contributed by atoms with E-state index in [4.69, 9.17) is 4.74 Å². The van der Waals surface area contributed by atoms with Crippen molar-refractivity contribution in [2.75, 3.05) is 13.2 Å². The zero-order chi connectivity index (χ0) is 13.8. The Morgan fingerprint density at radius 1 is 1.37 bits per heavy atom. The predicted octanol–water partition coefficient (Wildman–Crippen LogP) is 4.68. The molecule has 0 saturated carbocycles. The van der Waals surface area contributed by atoms with Gasteiger partial charge in [-0.25, -0.2) is 0 Å². The van der Waals surface area contributed by atoms with E-state index in [1.165, 1.54) is 10.0 Å². The first-order valence-corrected chi connectivity index (χ1v) is 8.55. The van der Waals surface area contributed by atoms with Crippen LogP contribution in [0.2, 0.25) is 0 Å². The summed E-state index contributed by atoms with van der Waals surface area (Å²) in [6.45, 7) is 6.23. The summed E-state index contributed by atoms with van der Waals surface area (Å²) >= 11 is 7.26. The van der Waals surface area contributed by atoms with E-state index in [0.29, 0.717) is 18.1 Å². The van der Waals surface area contributed by atoms with Crippen LogP contribution >= 0.6 is 31.9 Å². The summed E-state index contributed by atoms with van der Waals surface area (Å²) < 4.78 is 8.16. The third kappa shape index (κ3) is 3.60. The van der Waals surface area contributed by atoms with E-state index in [1.54, 1.807) is 0 Å². The van der Waals surface area contributed by atoms with Gasteiger partial charge in [-0.3, -0.25) is 0 Å². The van der Waals surface area contributed by atoms with E-state index in [1.807, 2.05) is 0 Å². The van der Waals surface area contributed by atoms with Gasteiger partial charge in [0.2, 0.25) is 0 Å². The number of hydrogen-bond acceptors (Lipinski definition) is 2. The van der Waals surface area contributed by atoms with Gasteiger partial charge in [0.1, 0.15) is 0 Å². The Balaban J connectivity index is 2.31. The number of benzene rings is 1. The van der Waals surface area contributed by atoms with Crippen LogP contribution in [0.15, 0.2) is 27.1 Å². The van der Waals surface area contributed by atoms with Crippen LogP contribution in [-0.4, -0.2) is 19.3 Å². The summed E-state index contributed by atoms with van der Waals surface area (Å²) in [4.78, 5) is 0. The van der Waals surface area contributed by atoms with Crippen LogP contribution in [0.3, 0.4) is 0 Å². The summed E-state index contributed by atoms with van der Waals surface area (Å²) in [5, 5.41) is 3.64. The fourth-order valence-electron chi connectivity index (χ4n) is 2.93. The Kier molecular flexibility index (Phi) is 5.87. The van der Waals surface area contributed by atoms with Crippen LogP contribution in [0.1, 0.15) is 38.3 Å². The standard InChI is InChI=1S/C15H21Br2NO/c1-3-14-11(7-8-19-14)15(18-4-2)12-9-10(16)5-6-13(12)17/h5-6,9,11,14-15,18H,3-4,7-8H2,1-2H3. The van der Waals surface area contributed by atoms with E-state index < -0.39 is 0 Å². The van der Waals surface area contributed by atoms with Crippen molar-refractivity contribution in [2.24, 2.45) is 5.92 Å². The van der Waals surface area contributed by atoms with E-state index in [9.17, 15) is 0 Å². The van der Waals surface area contributed by atoms with Gasteiger partial charge in [-0.1, -0.05) is 45.7 Å². The van der Waals surface area contributed by atoms with Crippen molar-refractivity contribution in [3.05, 3.63) is 32.7 Å². The van der Waals surface area contributed by atoms with Gasteiger partial charge in [0.15, 0.2) is 0 Å². The molecule has 1 aromatic carbocycles. The average Bonchev–Trinajstić information content (AvgIpc) is 2.87. The summed E-state index contributed by atoms with van der Waals surface area (Å²) in [5.74, 6) is 0.551. The molecule has 1 N–H and O–H groups in total. The summed E-state index contributed by atoms with van der Waals surface area (Å²) in [6, 6.07) is 6.74. The Morgan fingerprint density at radius 3 is 2.84 bits per heavy atom. The van der Waals surface area contributed by atoms with Crippen LogP contribution in [0.5, 0.6) is 0 Å². The molecule has 0 bridgehead atoms. The molecule has 4 heteroatoms. The molecule has 3 unspecified atom stereocenters. The SMILES string of the molecule is CCNC(c1cc(Br)ccc1Br)C1CCOC1CC. The van der Waals surface area contributed by atoms with Crippen molar-refractivity contribution in [3.8, 4) is 0 Å². The molecule has 0 aromatic heterocycles. The first-order chi connectivity index (χ1) is 9.17. The molecule has 1 fully saturated rings. The van der Waals surface area contributed by atoms with Crippen molar-refractivity contribution >= 4 is 31.9 Å². The fraction of sp³-hybridized carbons (Fsp3) is 0.600. The second kappa shape index (κ2) is 7.21. The maximum Gasteiger partial charge on any atom is 0.0619 e. The highest BCUT2D eigenvalue weighted by Crippen LogP contribution is 2.38. The third-order valence-electron chi connectivity index (χ3n) is 3.81. The zero-order valence-electron chi connectivity index (χ0n) is 11.5. The second-order valence-electron chi connectivity index (χ2n) is 4.97. The molecule has 0 aliphatic carbocycles. The van der Waals surface area contributed by atoms with Crippen molar-refractivity contribution in [3.63, 3.8) is 0 Å². The molecule has 1 saturated heterocycles. The van der Waals surface area contributed by atoms with Crippen molar-refractivity contribution in [2.45, 2.75) is 38.8 Å². The van der Waals surface area contributed by atoms with Crippen LogP contribution in [-0.2, 0) is 4.74 Å². The molecule has 1 aromatic rings. The zero-order valence-corrected chi connectivity index (χ0v) is 14.6. The van der Waals surface area contributed by atoms with Crippen LogP contribution in [0, 0.1) is 5.92 Å². The summed E-state index contributed by atoms with van der Waals surface area (Å²) in [6.07, 6.45) is 2.59. The monoisotopic (exact) mass is 389 g/mol. The number of nitrogens with one attached hydrogen (secondary N) is 1. The van der Waals surface area contributed by atoms with Crippen LogP contribution in [0.25, 0.3) is 0 Å². The third-order valence-corrected chi connectivity index (χ3v) is 5.02. The molecule has 106 valence electrons. The van der Waals surface area contributed by atoms with Crippen molar-refractivity contribution < 1.29 is 4.74 Å². The minimum absolute atomic E-state index is 0.351. The highest BCUT2D eigenvalue weighted by molar-refractivity contribution is 9.11. The quantitative estimate of drug-likeness (QED) is 0.788. The van der Waals surface area contributed by atoms with Gasteiger partial charge in [0.25, 0.3) is 0 Å². The van der Waals surface area contributed by atoms with E-state index >= 15 is 0 Å². The Labute approximate surface area is 132 Å². The number of rotatable bonds is 5. The van der Waals surface area contributed by atoms with Crippen LogP contribution < -0.4 is 5.32 Å². The van der Waals surface area contributed by atoms with Crippen molar-refractivity contribution in [1.29, 1.82) is 0 Å². The smallest absolute Gasteiger partial charge is 0.0619 e. The molecule has 2 rings (SSSR count). The van der Waals surface area contributed by atoms with Crippen LogP contribution in [0.4, 0.5) is 0 Å². The highest BCUT2D eigenvalue weighted by atomic mass is 79.9. The maximum absolute atomic E-state index is 5.87. The second-order valence-corrected chi connectivity index (χ2v) is 6.74. The summed E-state index contributed by atoms with van der Waals surface area (Å²) in [7, 11) is 0. The minimum atomic E-state index is 0.351. The first kappa shape index (κ1) is 15.5. The summed E-state index contributed by atoms with van der Waals surface area (Å²) in [5.41, 5.74) is 1.32. The van der Waals surface area contributed by atoms with E-state index in [-0.39, 0.29) is 0 Å². The minimum Gasteiger partial charge on any atom is -0.378 e. The fourth-order valence-corrected chi connectivity index (χ4v) is 3.80. The molecular weight excluding hydrogens is 370 g/mol. The lowest BCUT2D eigenvalue weighted by Crippen LogP contribution is -2.33. The van der Waals surface area contributed by atoms with Gasteiger partial charge in [0.05, 0.1) is 6.10 Å². The Hall–Kier alpha value is 0.1000.